The third-order valence-corrected chi connectivity index (χ3v) is 6.18. The highest BCUT2D eigenvalue weighted by molar-refractivity contribution is 6.01. The first-order valence-corrected chi connectivity index (χ1v) is 10.2. The number of benzene rings is 2. The van der Waals surface area contributed by atoms with Crippen LogP contribution in [0.5, 0.6) is 11.5 Å². The van der Waals surface area contributed by atoms with Crippen LogP contribution in [-0.4, -0.2) is 17.7 Å². The maximum absolute atomic E-state index is 13.2. The fourth-order valence-electron chi connectivity index (χ4n) is 4.28. The summed E-state index contributed by atoms with van der Waals surface area (Å²) in [4.78, 5) is 17.9. The minimum atomic E-state index is -0.517. The van der Waals surface area contributed by atoms with Crippen LogP contribution >= 0.6 is 0 Å². The van der Waals surface area contributed by atoms with E-state index in [0.29, 0.717) is 11.6 Å². The Kier molecular flexibility index (Phi) is 3.72. The lowest BCUT2D eigenvalue weighted by Gasteiger charge is -2.16. The number of nitrogens with zero attached hydrogens (tertiary/aromatic N) is 1. The maximum Gasteiger partial charge on any atom is 0.236 e. The second-order valence-electron chi connectivity index (χ2n) is 8.03. The van der Waals surface area contributed by atoms with Gasteiger partial charge in [0.2, 0.25) is 12.7 Å². The molecule has 0 unspecified atom stereocenters. The number of anilines is 1. The summed E-state index contributed by atoms with van der Waals surface area (Å²) >= 11 is 0. The second-order valence-corrected chi connectivity index (χ2v) is 8.03. The molecule has 0 saturated heterocycles. The Labute approximate surface area is 175 Å². The second kappa shape index (κ2) is 6.46. The molecule has 3 aliphatic rings. The van der Waals surface area contributed by atoms with Crippen LogP contribution in [0.2, 0.25) is 0 Å². The number of carbonyl (C=O) groups excluding carboxylic acids is 1. The van der Waals surface area contributed by atoms with Gasteiger partial charge in [0.1, 0.15) is 5.82 Å². The molecule has 150 valence electrons. The molecule has 1 N–H and O–H groups in total. The van der Waals surface area contributed by atoms with Gasteiger partial charge in [-0.3, -0.25) is 4.79 Å². The predicted octanol–water partition coefficient (Wildman–Crippen LogP) is 4.96. The number of aromatic nitrogens is 1. The molecule has 5 nitrogen and oxygen atoms in total. The molecule has 3 aromatic rings. The zero-order valence-electron chi connectivity index (χ0n) is 16.4. The number of rotatable bonds is 4. The summed E-state index contributed by atoms with van der Waals surface area (Å²) in [5, 5.41) is 3.04. The minimum Gasteiger partial charge on any atom is -0.454 e. The van der Waals surface area contributed by atoms with Crippen molar-refractivity contribution >= 4 is 17.8 Å². The van der Waals surface area contributed by atoms with Crippen molar-refractivity contribution in [2.45, 2.75) is 24.7 Å². The molecular formula is C25H22N2O3. The minimum absolute atomic E-state index is 0. The summed E-state index contributed by atoms with van der Waals surface area (Å²) in [5.41, 5.74) is 4.92. The Morgan fingerprint density at radius 3 is 2.83 bits per heavy atom. The summed E-state index contributed by atoms with van der Waals surface area (Å²) in [6.07, 6.45) is 6.93. The van der Waals surface area contributed by atoms with Crippen molar-refractivity contribution in [2.24, 2.45) is 0 Å². The van der Waals surface area contributed by atoms with E-state index < -0.39 is 5.41 Å². The van der Waals surface area contributed by atoms with E-state index >= 15 is 0 Å². The monoisotopic (exact) mass is 398 g/mol. The molecule has 2 aliphatic carbocycles. The van der Waals surface area contributed by atoms with Crippen LogP contribution < -0.4 is 14.8 Å². The van der Waals surface area contributed by atoms with E-state index in [0.717, 1.165) is 41.8 Å². The standard InChI is InChI=1S/C25H20N2O3.H2/c28-24(25(11-12-25)19-9-10-21-22(14-19)30-15-29-21)27-23-6-2-5-20(26-23)18-8-7-16-3-1-4-17(16)13-18;/h1-2,4-10,13-14H,3,11-12,15H2,(H,26,27,28);1H. The molecule has 1 amide bonds. The molecule has 1 fully saturated rings. The number of nitrogens with one attached hydrogen (secondary N) is 1. The number of ether oxygens (including phenoxy) is 2. The van der Waals surface area contributed by atoms with Gasteiger partial charge < -0.3 is 14.8 Å². The Morgan fingerprint density at radius 2 is 1.93 bits per heavy atom. The van der Waals surface area contributed by atoms with E-state index in [4.69, 9.17) is 14.5 Å². The van der Waals surface area contributed by atoms with Crippen molar-refractivity contribution in [1.29, 1.82) is 0 Å². The molecule has 6 rings (SSSR count). The SMILES string of the molecule is O=C(Nc1cccc(-c2ccc3c(c2)C=CC3)n1)C1(c2ccc3c(c2)OCO3)CC1.[HH]. The Hall–Kier alpha value is -3.60. The third-order valence-electron chi connectivity index (χ3n) is 6.18. The lowest BCUT2D eigenvalue weighted by molar-refractivity contribution is -0.118. The zero-order valence-corrected chi connectivity index (χ0v) is 16.4. The van der Waals surface area contributed by atoms with Crippen LogP contribution in [0.4, 0.5) is 5.82 Å². The van der Waals surface area contributed by atoms with E-state index in [-0.39, 0.29) is 14.1 Å². The van der Waals surface area contributed by atoms with Crippen molar-refractivity contribution < 1.29 is 15.7 Å². The van der Waals surface area contributed by atoms with Crippen molar-refractivity contribution in [1.82, 2.24) is 4.98 Å². The number of allylic oxidation sites excluding steroid dienone is 1. The molecular weight excluding hydrogens is 376 g/mol. The average molecular weight is 398 g/mol. The van der Waals surface area contributed by atoms with Crippen LogP contribution in [-0.2, 0) is 16.6 Å². The Morgan fingerprint density at radius 1 is 1.03 bits per heavy atom. The van der Waals surface area contributed by atoms with Gasteiger partial charge in [0.05, 0.1) is 11.1 Å². The van der Waals surface area contributed by atoms with Crippen molar-refractivity contribution in [3.05, 3.63) is 77.4 Å². The van der Waals surface area contributed by atoms with Gasteiger partial charge in [-0.2, -0.15) is 0 Å². The van der Waals surface area contributed by atoms with Crippen LogP contribution in [0, 0.1) is 0 Å². The maximum atomic E-state index is 13.2. The van der Waals surface area contributed by atoms with Crippen LogP contribution in [0.1, 0.15) is 31.0 Å². The summed E-state index contributed by atoms with van der Waals surface area (Å²) < 4.78 is 10.9. The highest BCUT2D eigenvalue weighted by Gasteiger charge is 2.51. The van der Waals surface area contributed by atoms with E-state index in [1.807, 2.05) is 36.4 Å². The molecule has 0 spiro atoms. The smallest absolute Gasteiger partial charge is 0.236 e. The van der Waals surface area contributed by atoms with Crippen LogP contribution in [0.3, 0.4) is 0 Å². The van der Waals surface area contributed by atoms with Crippen molar-refractivity contribution in [3.63, 3.8) is 0 Å². The van der Waals surface area contributed by atoms with E-state index in [9.17, 15) is 4.79 Å². The first-order chi connectivity index (χ1) is 14.7. The molecule has 30 heavy (non-hydrogen) atoms. The molecule has 1 aromatic heterocycles. The highest BCUT2D eigenvalue weighted by atomic mass is 16.7. The largest absolute Gasteiger partial charge is 0.454 e. The van der Waals surface area contributed by atoms with Crippen molar-refractivity contribution in [2.75, 3.05) is 12.1 Å². The molecule has 5 heteroatoms. The lowest BCUT2D eigenvalue weighted by atomic mass is 9.94. The van der Waals surface area contributed by atoms with Crippen LogP contribution in [0.25, 0.3) is 17.3 Å². The zero-order chi connectivity index (χ0) is 20.1. The molecule has 1 saturated carbocycles. The van der Waals surface area contributed by atoms with E-state index in [1.165, 1.54) is 11.1 Å². The summed E-state index contributed by atoms with van der Waals surface area (Å²) in [5.74, 6) is 1.98. The van der Waals surface area contributed by atoms with Gasteiger partial charge in [-0.05, 0) is 66.3 Å². The Bertz CT molecular complexity index is 1220. The van der Waals surface area contributed by atoms with E-state index in [2.05, 4.69) is 35.7 Å². The van der Waals surface area contributed by atoms with Gasteiger partial charge in [-0.1, -0.05) is 36.4 Å². The normalized spacial score (nSPS) is 16.9. The summed E-state index contributed by atoms with van der Waals surface area (Å²) in [6.45, 7) is 0.229. The van der Waals surface area contributed by atoms with Crippen molar-refractivity contribution in [3.8, 4) is 22.8 Å². The molecule has 0 atom stereocenters. The van der Waals surface area contributed by atoms with Gasteiger partial charge in [0.25, 0.3) is 0 Å². The molecule has 1 aliphatic heterocycles. The fraction of sp³-hybridized carbons (Fsp3) is 0.200. The average Bonchev–Trinajstić information content (AvgIpc) is 3.23. The van der Waals surface area contributed by atoms with Gasteiger partial charge in [0, 0.05) is 6.99 Å². The van der Waals surface area contributed by atoms with Gasteiger partial charge in [0.15, 0.2) is 11.5 Å². The number of hydrogen-bond acceptors (Lipinski definition) is 4. The molecule has 0 bridgehead atoms. The topological polar surface area (TPSA) is 60.5 Å². The number of carbonyl (C=O) groups is 1. The van der Waals surface area contributed by atoms with Gasteiger partial charge >= 0.3 is 0 Å². The number of amides is 1. The lowest BCUT2D eigenvalue weighted by Crippen LogP contribution is -2.28. The number of pyridine rings is 1. The molecule has 2 heterocycles. The van der Waals surface area contributed by atoms with Gasteiger partial charge in [-0.25, -0.2) is 4.98 Å². The van der Waals surface area contributed by atoms with E-state index in [1.54, 1.807) is 0 Å². The summed E-state index contributed by atoms with van der Waals surface area (Å²) in [6, 6.07) is 17.9. The number of hydrogen-bond donors (Lipinski definition) is 1. The Balaban J connectivity index is 0.00000204. The quantitative estimate of drug-likeness (QED) is 0.675. The highest BCUT2D eigenvalue weighted by Crippen LogP contribution is 2.51. The summed E-state index contributed by atoms with van der Waals surface area (Å²) in [7, 11) is 0. The molecule has 2 aromatic carbocycles. The number of fused-ring (bicyclic) bond motifs is 2. The third kappa shape index (κ3) is 2.77. The fourth-order valence-corrected chi connectivity index (χ4v) is 4.28. The predicted molar refractivity (Wildman–Crippen MR) is 117 cm³/mol. The van der Waals surface area contributed by atoms with Crippen LogP contribution in [0.15, 0.2) is 60.7 Å². The first kappa shape index (κ1) is 17.3. The first-order valence-electron chi connectivity index (χ1n) is 10.2. The van der Waals surface area contributed by atoms with Gasteiger partial charge in [-0.15, -0.1) is 0 Å². The molecule has 0 radical (unpaired) electrons.